The molecule has 1 aromatic heterocycles. The van der Waals surface area contributed by atoms with Gasteiger partial charge in [-0.05, 0) is 51.3 Å². The van der Waals surface area contributed by atoms with Crippen LogP contribution in [0.15, 0.2) is 12.3 Å². The standard InChI is InChI=1S/C14H23N3O/c1-10-6-8-17-13(15)12(10)14(2,18)9-11-5-3-4-7-16-11/h6,8,11,16,18H,3-5,7,9H2,1-2H3,(H2,15,17). The number of aliphatic hydroxyl groups is 1. The average molecular weight is 249 g/mol. The number of nitrogen functional groups attached to an aromatic ring is 1. The molecule has 4 N–H and O–H groups in total. The zero-order valence-corrected chi connectivity index (χ0v) is 11.2. The molecule has 4 heteroatoms. The van der Waals surface area contributed by atoms with Crippen molar-refractivity contribution in [2.24, 2.45) is 0 Å². The van der Waals surface area contributed by atoms with Crippen LogP contribution in [0.2, 0.25) is 0 Å². The van der Waals surface area contributed by atoms with Gasteiger partial charge in [0, 0.05) is 17.8 Å². The molecule has 0 aliphatic carbocycles. The number of pyridine rings is 1. The van der Waals surface area contributed by atoms with Gasteiger partial charge in [0.05, 0.1) is 5.60 Å². The van der Waals surface area contributed by atoms with Gasteiger partial charge in [-0.2, -0.15) is 0 Å². The summed E-state index contributed by atoms with van der Waals surface area (Å²) in [6.07, 6.45) is 5.95. The van der Waals surface area contributed by atoms with Crippen molar-refractivity contribution in [2.45, 2.75) is 51.2 Å². The normalized spacial score (nSPS) is 23.6. The summed E-state index contributed by atoms with van der Waals surface area (Å²) in [7, 11) is 0. The molecule has 1 aliphatic heterocycles. The quantitative estimate of drug-likeness (QED) is 0.762. The van der Waals surface area contributed by atoms with Crippen LogP contribution in [0.25, 0.3) is 0 Å². The summed E-state index contributed by atoms with van der Waals surface area (Å²) in [6, 6.07) is 2.27. The number of hydrogen-bond donors (Lipinski definition) is 3. The highest BCUT2D eigenvalue weighted by molar-refractivity contribution is 5.47. The van der Waals surface area contributed by atoms with Gasteiger partial charge < -0.3 is 16.2 Å². The first kappa shape index (κ1) is 13.3. The predicted octanol–water partition coefficient (Wildman–Crippen LogP) is 1.71. The first-order valence-corrected chi connectivity index (χ1v) is 6.68. The van der Waals surface area contributed by atoms with Gasteiger partial charge >= 0.3 is 0 Å². The highest BCUT2D eigenvalue weighted by atomic mass is 16.3. The summed E-state index contributed by atoms with van der Waals surface area (Å²) >= 11 is 0. The van der Waals surface area contributed by atoms with Crippen LogP contribution < -0.4 is 11.1 Å². The van der Waals surface area contributed by atoms with E-state index in [0.717, 1.165) is 24.1 Å². The van der Waals surface area contributed by atoms with Crippen molar-refractivity contribution < 1.29 is 5.11 Å². The summed E-state index contributed by atoms with van der Waals surface area (Å²) in [5.41, 5.74) is 6.78. The van der Waals surface area contributed by atoms with Crippen LogP contribution in [0, 0.1) is 6.92 Å². The fraction of sp³-hybridized carbons (Fsp3) is 0.643. The molecule has 0 amide bonds. The minimum atomic E-state index is -0.919. The zero-order valence-electron chi connectivity index (χ0n) is 11.2. The topological polar surface area (TPSA) is 71.2 Å². The lowest BCUT2D eigenvalue weighted by molar-refractivity contribution is 0.0331. The summed E-state index contributed by atoms with van der Waals surface area (Å²) in [4.78, 5) is 4.10. The number of piperidine rings is 1. The van der Waals surface area contributed by atoms with Gasteiger partial charge in [-0.1, -0.05) is 6.42 Å². The Morgan fingerprint density at radius 3 is 2.94 bits per heavy atom. The predicted molar refractivity (Wildman–Crippen MR) is 73.2 cm³/mol. The lowest BCUT2D eigenvalue weighted by Gasteiger charge is -2.33. The van der Waals surface area contributed by atoms with Crippen molar-refractivity contribution in [3.63, 3.8) is 0 Å². The molecular formula is C14H23N3O. The maximum atomic E-state index is 10.7. The van der Waals surface area contributed by atoms with Gasteiger partial charge in [-0.25, -0.2) is 4.98 Å². The van der Waals surface area contributed by atoms with Crippen molar-refractivity contribution in [1.29, 1.82) is 0 Å². The maximum absolute atomic E-state index is 10.7. The van der Waals surface area contributed by atoms with Crippen LogP contribution in [-0.2, 0) is 5.60 Å². The van der Waals surface area contributed by atoms with Crippen LogP contribution in [0.3, 0.4) is 0 Å². The summed E-state index contributed by atoms with van der Waals surface area (Å²) in [5, 5.41) is 14.2. The number of nitrogens with zero attached hydrogens (tertiary/aromatic N) is 1. The molecule has 0 spiro atoms. The van der Waals surface area contributed by atoms with Crippen LogP contribution in [0.1, 0.15) is 43.7 Å². The van der Waals surface area contributed by atoms with E-state index in [1.165, 1.54) is 12.8 Å². The molecule has 0 aromatic carbocycles. The number of hydrogen-bond acceptors (Lipinski definition) is 4. The van der Waals surface area contributed by atoms with E-state index in [9.17, 15) is 5.11 Å². The monoisotopic (exact) mass is 249 g/mol. The van der Waals surface area contributed by atoms with Gasteiger partial charge in [0.25, 0.3) is 0 Å². The molecule has 100 valence electrons. The van der Waals surface area contributed by atoms with E-state index in [2.05, 4.69) is 10.3 Å². The fourth-order valence-electron chi connectivity index (χ4n) is 2.96. The van der Waals surface area contributed by atoms with Gasteiger partial charge in [0.2, 0.25) is 0 Å². The van der Waals surface area contributed by atoms with E-state index in [1.54, 1.807) is 6.20 Å². The van der Waals surface area contributed by atoms with Crippen molar-refractivity contribution in [1.82, 2.24) is 10.3 Å². The van der Waals surface area contributed by atoms with E-state index in [0.29, 0.717) is 18.3 Å². The van der Waals surface area contributed by atoms with E-state index < -0.39 is 5.60 Å². The zero-order chi connectivity index (χ0) is 13.2. The number of rotatable bonds is 3. The second-order valence-corrected chi connectivity index (χ2v) is 5.51. The molecule has 2 atom stereocenters. The van der Waals surface area contributed by atoms with Crippen LogP contribution in [0.4, 0.5) is 5.82 Å². The molecule has 0 bridgehead atoms. The Labute approximate surface area is 109 Å². The van der Waals surface area contributed by atoms with Gasteiger partial charge in [-0.15, -0.1) is 0 Å². The Morgan fingerprint density at radius 1 is 1.56 bits per heavy atom. The molecule has 0 radical (unpaired) electrons. The van der Waals surface area contributed by atoms with Crippen molar-refractivity contribution in [2.75, 3.05) is 12.3 Å². The van der Waals surface area contributed by atoms with Crippen LogP contribution >= 0.6 is 0 Å². The third kappa shape index (κ3) is 2.82. The van der Waals surface area contributed by atoms with Gasteiger partial charge in [0.1, 0.15) is 5.82 Å². The van der Waals surface area contributed by atoms with E-state index >= 15 is 0 Å². The lowest BCUT2D eigenvalue weighted by atomic mass is 9.84. The van der Waals surface area contributed by atoms with Crippen LogP contribution in [-0.4, -0.2) is 22.7 Å². The highest BCUT2D eigenvalue weighted by Crippen LogP contribution is 2.33. The lowest BCUT2D eigenvalue weighted by Crippen LogP contribution is -2.40. The van der Waals surface area contributed by atoms with Gasteiger partial charge in [-0.3, -0.25) is 0 Å². The van der Waals surface area contributed by atoms with E-state index in [-0.39, 0.29) is 0 Å². The molecule has 1 fully saturated rings. The maximum Gasteiger partial charge on any atom is 0.129 e. The molecule has 1 saturated heterocycles. The van der Waals surface area contributed by atoms with Crippen molar-refractivity contribution in [3.05, 3.63) is 23.4 Å². The first-order chi connectivity index (χ1) is 8.50. The molecule has 2 rings (SSSR count). The average Bonchev–Trinajstić information content (AvgIpc) is 2.28. The second-order valence-electron chi connectivity index (χ2n) is 5.51. The smallest absolute Gasteiger partial charge is 0.129 e. The van der Waals surface area contributed by atoms with Gasteiger partial charge in [0.15, 0.2) is 0 Å². The minimum absolute atomic E-state index is 0.368. The second kappa shape index (κ2) is 5.24. The molecule has 1 aliphatic rings. The number of nitrogens with two attached hydrogens (primary N) is 1. The Bertz CT molecular complexity index is 391. The summed E-state index contributed by atoms with van der Waals surface area (Å²) in [5.74, 6) is 0.441. The summed E-state index contributed by atoms with van der Waals surface area (Å²) < 4.78 is 0. The number of nitrogens with one attached hydrogen (secondary N) is 1. The molecule has 2 heterocycles. The molecule has 18 heavy (non-hydrogen) atoms. The molecular weight excluding hydrogens is 226 g/mol. The molecule has 2 unspecified atom stereocenters. The number of anilines is 1. The van der Waals surface area contributed by atoms with E-state index in [4.69, 9.17) is 5.73 Å². The first-order valence-electron chi connectivity index (χ1n) is 6.68. The molecule has 1 aromatic rings. The Balaban J connectivity index is 2.18. The highest BCUT2D eigenvalue weighted by Gasteiger charge is 2.31. The van der Waals surface area contributed by atoms with Crippen molar-refractivity contribution in [3.8, 4) is 0 Å². The minimum Gasteiger partial charge on any atom is -0.385 e. The number of aryl methyl sites for hydroxylation is 1. The molecule has 4 nitrogen and oxygen atoms in total. The third-order valence-electron chi connectivity index (χ3n) is 3.78. The Hall–Kier alpha value is -1.13. The third-order valence-corrected chi connectivity index (χ3v) is 3.78. The van der Waals surface area contributed by atoms with E-state index in [1.807, 2.05) is 19.9 Å². The Morgan fingerprint density at radius 2 is 2.33 bits per heavy atom. The number of aromatic nitrogens is 1. The SMILES string of the molecule is Cc1ccnc(N)c1C(C)(O)CC1CCCCN1. The van der Waals surface area contributed by atoms with Crippen molar-refractivity contribution >= 4 is 5.82 Å². The molecule has 0 saturated carbocycles. The largest absolute Gasteiger partial charge is 0.385 e. The fourth-order valence-corrected chi connectivity index (χ4v) is 2.96. The van der Waals surface area contributed by atoms with Crippen LogP contribution in [0.5, 0.6) is 0 Å². The summed E-state index contributed by atoms with van der Waals surface area (Å²) in [6.45, 7) is 4.85. The Kier molecular flexibility index (Phi) is 3.88.